The summed E-state index contributed by atoms with van der Waals surface area (Å²) in [6, 6.07) is 15.1. The molecule has 0 unspecified atom stereocenters. The lowest BCUT2D eigenvalue weighted by molar-refractivity contribution is 0.326. The van der Waals surface area contributed by atoms with Crippen LogP contribution in [0.15, 0.2) is 47.5 Å². The van der Waals surface area contributed by atoms with Gasteiger partial charge in [0.15, 0.2) is 5.96 Å². The van der Waals surface area contributed by atoms with Crippen molar-refractivity contribution in [3.63, 3.8) is 0 Å². The maximum Gasteiger partial charge on any atom is 0.188 e. The minimum absolute atomic E-state index is 0.586. The summed E-state index contributed by atoms with van der Waals surface area (Å²) >= 11 is 0. The summed E-state index contributed by atoms with van der Waals surface area (Å²) in [4.78, 5) is 4.41. The van der Waals surface area contributed by atoms with Gasteiger partial charge in [0.05, 0.1) is 0 Å². The normalized spacial score (nSPS) is 15.9. The summed E-state index contributed by atoms with van der Waals surface area (Å²) in [5.41, 5.74) is 7.22. The minimum atomic E-state index is 0.586. The predicted octanol–water partition coefficient (Wildman–Crippen LogP) is 3.09. The van der Waals surface area contributed by atoms with E-state index >= 15 is 0 Å². The van der Waals surface area contributed by atoms with Crippen LogP contribution in [-0.4, -0.2) is 19.0 Å². The summed E-state index contributed by atoms with van der Waals surface area (Å²) in [6.07, 6.45) is 4.95. The molecule has 0 saturated heterocycles. The standard InChI is InChI=1S/C18H23N3/c19-18(21-13-15-4-3-5-15)20-11-10-14-8-9-16-6-1-2-7-17(16)12-14/h1-2,6-9,12,15H,3-5,10-11,13H2,(H3,19,20,21). The fourth-order valence-electron chi connectivity index (χ4n) is 2.69. The molecule has 3 rings (SSSR count). The molecule has 0 amide bonds. The summed E-state index contributed by atoms with van der Waals surface area (Å²) in [6.45, 7) is 1.72. The van der Waals surface area contributed by atoms with E-state index in [9.17, 15) is 0 Å². The lowest BCUT2D eigenvalue weighted by Crippen LogP contribution is -2.34. The highest BCUT2D eigenvalue weighted by Crippen LogP contribution is 2.26. The van der Waals surface area contributed by atoms with Crippen molar-refractivity contribution in [2.24, 2.45) is 16.6 Å². The number of hydrogen-bond acceptors (Lipinski definition) is 1. The molecule has 2 aromatic rings. The lowest BCUT2D eigenvalue weighted by atomic mass is 9.86. The van der Waals surface area contributed by atoms with Crippen LogP contribution in [-0.2, 0) is 6.42 Å². The zero-order chi connectivity index (χ0) is 14.5. The molecule has 0 radical (unpaired) electrons. The van der Waals surface area contributed by atoms with E-state index in [1.54, 1.807) is 0 Å². The van der Waals surface area contributed by atoms with Gasteiger partial charge in [0.2, 0.25) is 0 Å². The molecular weight excluding hydrogens is 258 g/mol. The Morgan fingerprint density at radius 1 is 1.14 bits per heavy atom. The first-order valence-corrected chi connectivity index (χ1v) is 7.83. The molecule has 1 saturated carbocycles. The van der Waals surface area contributed by atoms with E-state index < -0.39 is 0 Å². The maximum atomic E-state index is 5.89. The van der Waals surface area contributed by atoms with Gasteiger partial charge in [0.1, 0.15) is 0 Å². The number of hydrogen-bond donors (Lipinski definition) is 2. The van der Waals surface area contributed by atoms with Crippen molar-refractivity contribution in [2.45, 2.75) is 25.7 Å². The Labute approximate surface area is 126 Å². The number of rotatable bonds is 5. The molecule has 1 aliphatic rings. The Morgan fingerprint density at radius 2 is 1.95 bits per heavy atom. The van der Waals surface area contributed by atoms with Crippen LogP contribution in [0.3, 0.4) is 0 Å². The topological polar surface area (TPSA) is 50.4 Å². The van der Waals surface area contributed by atoms with Gasteiger partial charge in [-0.05, 0) is 41.5 Å². The number of benzene rings is 2. The second kappa shape index (κ2) is 6.61. The van der Waals surface area contributed by atoms with Crippen molar-refractivity contribution < 1.29 is 0 Å². The molecule has 0 aromatic heterocycles. The number of nitrogens with one attached hydrogen (secondary N) is 1. The zero-order valence-electron chi connectivity index (χ0n) is 12.4. The summed E-state index contributed by atoms with van der Waals surface area (Å²) < 4.78 is 0. The second-order valence-corrected chi connectivity index (χ2v) is 5.88. The Balaban J connectivity index is 1.49. The molecule has 3 N–H and O–H groups in total. The highest BCUT2D eigenvalue weighted by Gasteiger charge is 2.16. The van der Waals surface area contributed by atoms with Gasteiger partial charge in [-0.2, -0.15) is 0 Å². The lowest BCUT2D eigenvalue weighted by Gasteiger charge is -2.23. The van der Waals surface area contributed by atoms with Gasteiger partial charge in [-0.15, -0.1) is 0 Å². The highest BCUT2D eigenvalue weighted by atomic mass is 15.1. The van der Waals surface area contributed by atoms with Crippen LogP contribution in [0.5, 0.6) is 0 Å². The van der Waals surface area contributed by atoms with Gasteiger partial charge < -0.3 is 11.1 Å². The zero-order valence-corrected chi connectivity index (χ0v) is 12.4. The summed E-state index contributed by atoms with van der Waals surface area (Å²) in [7, 11) is 0. The Kier molecular flexibility index (Phi) is 4.39. The van der Waals surface area contributed by atoms with E-state index in [1.165, 1.54) is 35.6 Å². The molecule has 1 aliphatic carbocycles. The van der Waals surface area contributed by atoms with E-state index in [4.69, 9.17) is 5.73 Å². The van der Waals surface area contributed by atoms with E-state index in [-0.39, 0.29) is 0 Å². The van der Waals surface area contributed by atoms with Gasteiger partial charge in [0.25, 0.3) is 0 Å². The van der Waals surface area contributed by atoms with Gasteiger partial charge in [-0.1, -0.05) is 48.9 Å². The molecule has 0 atom stereocenters. The van der Waals surface area contributed by atoms with E-state index in [2.05, 4.69) is 52.8 Å². The van der Waals surface area contributed by atoms with Crippen molar-refractivity contribution in [3.8, 4) is 0 Å². The summed E-state index contributed by atoms with van der Waals surface area (Å²) in [5, 5.41) is 5.79. The third-order valence-corrected chi connectivity index (χ3v) is 4.28. The highest BCUT2D eigenvalue weighted by molar-refractivity contribution is 5.83. The number of guanidine groups is 1. The first kappa shape index (κ1) is 13.9. The SMILES string of the molecule is NC(=NCC1CCC1)NCCc1ccc2ccccc2c1. The van der Waals surface area contributed by atoms with Crippen molar-refractivity contribution in [1.82, 2.24) is 5.32 Å². The van der Waals surface area contributed by atoms with Crippen LogP contribution in [0.2, 0.25) is 0 Å². The number of nitrogens with zero attached hydrogens (tertiary/aromatic N) is 1. The molecule has 110 valence electrons. The molecule has 21 heavy (non-hydrogen) atoms. The Bertz CT molecular complexity index is 629. The van der Waals surface area contributed by atoms with Crippen LogP contribution in [0.1, 0.15) is 24.8 Å². The number of fused-ring (bicyclic) bond motifs is 1. The monoisotopic (exact) mass is 281 g/mol. The molecule has 2 aromatic carbocycles. The molecule has 0 heterocycles. The molecule has 0 bridgehead atoms. The first-order valence-electron chi connectivity index (χ1n) is 7.83. The van der Waals surface area contributed by atoms with Crippen molar-refractivity contribution in [3.05, 3.63) is 48.0 Å². The Hall–Kier alpha value is -2.03. The van der Waals surface area contributed by atoms with Gasteiger partial charge in [-0.3, -0.25) is 4.99 Å². The molecular formula is C18H23N3. The van der Waals surface area contributed by atoms with Crippen molar-refractivity contribution >= 4 is 16.7 Å². The predicted molar refractivity (Wildman–Crippen MR) is 89.5 cm³/mol. The van der Waals surface area contributed by atoms with Gasteiger partial charge >= 0.3 is 0 Å². The van der Waals surface area contributed by atoms with Crippen LogP contribution < -0.4 is 11.1 Å². The molecule has 3 nitrogen and oxygen atoms in total. The fourth-order valence-corrected chi connectivity index (χ4v) is 2.69. The first-order chi connectivity index (χ1) is 10.3. The number of nitrogens with two attached hydrogens (primary N) is 1. The van der Waals surface area contributed by atoms with Crippen LogP contribution in [0.25, 0.3) is 10.8 Å². The van der Waals surface area contributed by atoms with E-state index in [1.807, 2.05) is 0 Å². The molecule has 1 fully saturated rings. The molecule has 3 heteroatoms. The Morgan fingerprint density at radius 3 is 2.71 bits per heavy atom. The summed E-state index contributed by atoms with van der Waals surface area (Å²) in [5.74, 6) is 1.36. The largest absolute Gasteiger partial charge is 0.370 e. The smallest absolute Gasteiger partial charge is 0.188 e. The maximum absolute atomic E-state index is 5.89. The average Bonchev–Trinajstić information content (AvgIpc) is 2.45. The molecule has 0 spiro atoms. The van der Waals surface area contributed by atoms with Crippen molar-refractivity contribution in [1.29, 1.82) is 0 Å². The third kappa shape index (κ3) is 3.75. The van der Waals surface area contributed by atoms with Gasteiger partial charge in [-0.25, -0.2) is 0 Å². The van der Waals surface area contributed by atoms with E-state index in [0.29, 0.717) is 5.96 Å². The van der Waals surface area contributed by atoms with E-state index in [0.717, 1.165) is 25.4 Å². The fraction of sp³-hybridized carbons (Fsp3) is 0.389. The number of aliphatic imine (C=N–C) groups is 1. The van der Waals surface area contributed by atoms with Gasteiger partial charge in [0, 0.05) is 13.1 Å². The third-order valence-electron chi connectivity index (χ3n) is 4.28. The second-order valence-electron chi connectivity index (χ2n) is 5.88. The minimum Gasteiger partial charge on any atom is -0.370 e. The van der Waals surface area contributed by atoms with Crippen LogP contribution in [0, 0.1) is 5.92 Å². The van der Waals surface area contributed by atoms with Crippen LogP contribution in [0.4, 0.5) is 0 Å². The van der Waals surface area contributed by atoms with Crippen molar-refractivity contribution in [2.75, 3.05) is 13.1 Å². The van der Waals surface area contributed by atoms with Crippen LogP contribution >= 0.6 is 0 Å². The quantitative estimate of drug-likeness (QED) is 0.653. The average molecular weight is 281 g/mol. The molecule has 0 aliphatic heterocycles.